The van der Waals surface area contributed by atoms with Crippen molar-refractivity contribution in [1.82, 2.24) is 9.55 Å². The molecule has 0 saturated heterocycles. The maximum absolute atomic E-state index is 6.00. The molecule has 3 heteroatoms. The minimum Gasteiger partial charge on any atom is -0.464 e. The highest BCUT2D eigenvalue weighted by atomic mass is 16.3. The van der Waals surface area contributed by atoms with Crippen LogP contribution in [0.4, 0.5) is 0 Å². The zero-order valence-corrected chi connectivity index (χ0v) is 18.7. The number of furan rings is 1. The predicted molar refractivity (Wildman–Crippen MR) is 136 cm³/mol. The third-order valence-electron chi connectivity index (χ3n) is 6.30. The van der Waals surface area contributed by atoms with Crippen molar-refractivity contribution in [2.24, 2.45) is 0 Å². The van der Waals surface area contributed by atoms with E-state index in [2.05, 4.69) is 103 Å². The van der Waals surface area contributed by atoms with Crippen LogP contribution in [0.25, 0.3) is 50.2 Å². The molecule has 0 aliphatic rings. The summed E-state index contributed by atoms with van der Waals surface area (Å²) < 4.78 is 8.23. The number of benzene rings is 4. The van der Waals surface area contributed by atoms with Gasteiger partial charge in [-0.2, -0.15) is 0 Å². The zero-order valence-electron chi connectivity index (χ0n) is 18.7. The van der Waals surface area contributed by atoms with Gasteiger partial charge in [-0.1, -0.05) is 80.6 Å². The molecule has 3 nitrogen and oxygen atoms in total. The van der Waals surface area contributed by atoms with Crippen molar-refractivity contribution in [3.63, 3.8) is 0 Å². The molecule has 0 aliphatic heterocycles. The molecule has 0 unspecified atom stereocenters. The van der Waals surface area contributed by atoms with E-state index < -0.39 is 0 Å². The number of imidazole rings is 1. The second-order valence-electron chi connectivity index (χ2n) is 8.73. The van der Waals surface area contributed by atoms with Gasteiger partial charge in [-0.05, 0) is 52.9 Å². The molecule has 0 spiro atoms. The van der Waals surface area contributed by atoms with Gasteiger partial charge in [-0.25, -0.2) is 4.98 Å². The van der Waals surface area contributed by atoms with E-state index in [1.807, 2.05) is 18.4 Å². The van der Waals surface area contributed by atoms with Crippen LogP contribution in [-0.4, -0.2) is 9.55 Å². The molecule has 2 heterocycles. The minimum atomic E-state index is 0.454. The second-order valence-corrected chi connectivity index (χ2v) is 8.73. The van der Waals surface area contributed by atoms with Crippen molar-refractivity contribution < 1.29 is 4.42 Å². The summed E-state index contributed by atoms with van der Waals surface area (Å²) in [5, 5.41) is 1.08. The maximum Gasteiger partial charge on any atom is 0.149 e. The van der Waals surface area contributed by atoms with E-state index in [1.165, 1.54) is 16.7 Å². The number of para-hydroxylation sites is 2. The Bertz CT molecular complexity index is 1570. The average molecular weight is 429 g/mol. The predicted octanol–water partition coefficient (Wildman–Crippen LogP) is 8.23. The Morgan fingerprint density at radius 3 is 2.27 bits per heavy atom. The van der Waals surface area contributed by atoms with E-state index in [-0.39, 0.29) is 0 Å². The van der Waals surface area contributed by atoms with Gasteiger partial charge in [0, 0.05) is 11.1 Å². The van der Waals surface area contributed by atoms with Crippen LogP contribution in [-0.2, 0) is 0 Å². The lowest BCUT2D eigenvalue weighted by Gasteiger charge is -2.10. The quantitative estimate of drug-likeness (QED) is 0.283. The lowest BCUT2D eigenvalue weighted by Crippen LogP contribution is -1.97. The van der Waals surface area contributed by atoms with Gasteiger partial charge in [-0.15, -0.1) is 0 Å². The van der Waals surface area contributed by atoms with Crippen LogP contribution in [0.15, 0.2) is 108 Å². The first kappa shape index (κ1) is 19.6. The Morgan fingerprint density at radius 2 is 1.48 bits per heavy atom. The Labute approximate surface area is 192 Å². The van der Waals surface area contributed by atoms with Gasteiger partial charge in [0.2, 0.25) is 0 Å². The lowest BCUT2D eigenvalue weighted by molar-refractivity contribution is 0.615. The monoisotopic (exact) mass is 428 g/mol. The molecule has 33 heavy (non-hydrogen) atoms. The highest BCUT2D eigenvalue weighted by Gasteiger charge is 2.19. The largest absolute Gasteiger partial charge is 0.464 e. The fourth-order valence-electron chi connectivity index (χ4n) is 4.48. The van der Waals surface area contributed by atoms with E-state index in [0.29, 0.717) is 5.92 Å². The molecule has 0 bridgehead atoms. The van der Waals surface area contributed by atoms with Crippen molar-refractivity contribution in [1.29, 1.82) is 0 Å². The van der Waals surface area contributed by atoms with Crippen LogP contribution in [0.1, 0.15) is 25.3 Å². The van der Waals surface area contributed by atoms with E-state index >= 15 is 0 Å². The molecule has 2 aromatic heterocycles. The molecule has 0 saturated carbocycles. The van der Waals surface area contributed by atoms with Crippen LogP contribution in [0.2, 0.25) is 0 Å². The Balaban J connectivity index is 1.53. The van der Waals surface area contributed by atoms with E-state index in [1.54, 1.807) is 0 Å². The SMILES string of the molecule is CC(C)c1ccc2c(-c3nc4ccccc4n3-c3ccc(-c4ccccc4)cc3)coc2c1. The molecule has 6 aromatic rings. The van der Waals surface area contributed by atoms with Gasteiger partial charge in [0.1, 0.15) is 17.7 Å². The van der Waals surface area contributed by atoms with Crippen molar-refractivity contribution in [3.05, 3.63) is 109 Å². The van der Waals surface area contributed by atoms with E-state index in [0.717, 1.165) is 39.1 Å². The topological polar surface area (TPSA) is 31.0 Å². The van der Waals surface area contributed by atoms with Crippen LogP contribution >= 0.6 is 0 Å². The first-order valence-corrected chi connectivity index (χ1v) is 11.3. The average Bonchev–Trinajstić information content (AvgIpc) is 3.45. The van der Waals surface area contributed by atoms with Gasteiger partial charge < -0.3 is 4.42 Å². The van der Waals surface area contributed by atoms with Crippen molar-refractivity contribution in [2.45, 2.75) is 19.8 Å². The molecule has 4 aromatic carbocycles. The zero-order chi connectivity index (χ0) is 22.4. The number of hydrogen-bond donors (Lipinski definition) is 0. The third kappa shape index (κ3) is 3.33. The summed E-state index contributed by atoms with van der Waals surface area (Å²) in [6.07, 6.45) is 1.84. The molecule has 0 radical (unpaired) electrons. The number of nitrogens with zero attached hydrogens (tertiary/aromatic N) is 2. The fourth-order valence-corrected chi connectivity index (χ4v) is 4.48. The number of fused-ring (bicyclic) bond motifs is 2. The van der Waals surface area contributed by atoms with Crippen molar-refractivity contribution in [2.75, 3.05) is 0 Å². The molecule has 0 fully saturated rings. The third-order valence-corrected chi connectivity index (χ3v) is 6.30. The molecule has 0 atom stereocenters. The van der Waals surface area contributed by atoms with Crippen LogP contribution in [0.5, 0.6) is 0 Å². The van der Waals surface area contributed by atoms with Crippen molar-refractivity contribution >= 4 is 22.0 Å². The summed E-state index contributed by atoms with van der Waals surface area (Å²) in [6, 6.07) is 33.9. The Morgan fingerprint density at radius 1 is 0.758 bits per heavy atom. The first-order chi connectivity index (χ1) is 16.2. The van der Waals surface area contributed by atoms with Crippen LogP contribution in [0, 0.1) is 0 Å². The van der Waals surface area contributed by atoms with Crippen molar-refractivity contribution in [3.8, 4) is 28.2 Å². The van der Waals surface area contributed by atoms with E-state index in [9.17, 15) is 0 Å². The van der Waals surface area contributed by atoms with Crippen LogP contribution in [0.3, 0.4) is 0 Å². The first-order valence-electron chi connectivity index (χ1n) is 11.3. The fraction of sp³-hybridized carbons (Fsp3) is 0.100. The van der Waals surface area contributed by atoms with Gasteiger partial charge in [0.05, 0.1) is 16.6 Å². The highest BCUT2D eigenvalue weighted by molar-refractivity contribution is 5.95. The molecule has 0 aliphatic carbocycles. The number of rotatable bonds is 4. The van der Waals surface area contributed by atoms with Gasteiger partial charge in [0.15, 0.2) is 0 Å². The summed E-state index contributed by atoms with van der Waals surface area (Å²) in [5.74, 6) is 1.34. The summed E-state index contributed by atoms with van der Waals surface area (Å²) in [5.41, 5.74) is 8.69. The Hall–Kier alpha value is -4.11. The molecule has 6 rings (SSSR count). The highest BCUT2D eigenvalue weighted by Crippen LogP contribution is 2.36. The van der Waals surface area contributed by atoms with Gasteiger partial charge >= 0.3 is 0 Å². The summed E-state index contributed by atoms with van der Waals surface area (Å²) >= 11 is 0. The summed E-state index contributed by atoms with van der Waals surface area (Å²) in [7, 11) is 0. The summed E-state index contributed by atoms with van der Waals surface area (Å²) in [6.45, 7) is 4.40. The van der Waals surface area contributed by atoms with Crippen LogP contribution < -0.4 is 0 Å². The normalized spacial score (nSPS) is 11.6. The lowest BCUT2D eigenvalue weighted by atomic mass is 10.0. The Kier molecular flexibility index (Phi) is 4.62. The summed E-state index contributed by atoms with van der Waals surface area (Å²) in [4.78, 5) is 5.02. The maximum atomic E-state index is 6.00. The van der Waals surface area contributed by atoms with E-state index in [4.69, 9.17) is 9.40 Å². The molecule has 0 N–H and O–H groups in total. The minimum absolute atomic E-state index is 0.454. The molecular weight excluding hydrogens is 404 g/mol. The number of aromatic nitrogens is 2. The molecule has 160 valence electrons. The standard InChI is InChI=1S/C30H24N2O/c1-20(2)23-14-17-25-26(19-33-29(25)18-23)30-31-27-10-6-7-11-28(27)32(30)24-15-12-22(13-16-24)21-8-4-3-5-9-21/h3-20H,1-2H3. The second kappa shape index (κ2) is 7.79. The van der Waals surface area contributed by atoms with Gasteiger partial charge in [-0.3, -0.25) is 4.57 Å². The smallest absolute Gasteiger partial charge is 0.149 e. The number of hydrogen-bond acceptors (Lipinski definition) is 2. The molecular formula is C30H24N2O. The molecule has 0 amide bonds. The van der Waals surface area contributed by atoms with Gasteiger partial charge in [0.25, 0.3) is 0 Å².